The van der Waals surface area contributed by atoms with Crippen LogP contribution in [-0.2, 0) is 9.59 Å². The third kappa shape index (κ3) is 2.98. The zero-order valence-corrected chi connectivity index (χ0v) is 12.8. The topological polar surface area (TPSA) is 49.4 Å². The Morgan fingerprint density at radius 3 is 2.41 bits per heavy atom. The van der Waals surface area contributed by atoms with E-state index in [9.17, 15) is 14.0 Å². The highest BCUT2D eigenvalue weighted by atomic mass is 19.1. The Bertz CT molecular complexity index is 569. The molecule has 118 valence electrons. The number of nitrogens with zero attached hydrogens (tertiary/aromatic N) is 1. The van der Waals surface area contributed by atoms with Crippen molar-refractivity contribution in [2.24, 2.45) is 5.41 Å². The summed E-state index contributed by atoms with van der Waals surface area (Å²) in [7, 11) is 0. The summed E-state index contributed by atoms with van der Waals surface area (Å²) in [6.45, 7) is 3.31. The summed E-state index contributed by atoms with van der Waals surface area (Å²) in [5.74, 6) is 0.178. The number of carbonyl (C=O) groups excluding carboxylic acids is 2. The molecule has 1 amide bonds. The summed E-state index contributed by atoms with van der Waals surface area (Å²) < 4.78 is 12.9. The number of rotatable bonds is 3. The van der Waals surface area contributed by atoms with Gasteiger partial charge in [-0.25, -0.2) is 4.39 Å². The fraction of sp³-hybridized carbons (Fsp3) is 0.529. The summed E-state index contributed by atoms with van der Waals surface area (Å²) in [6.07, 6.45) is 2.37. The molecular weight excluding hydrogens is 283 g/mol. The maximum Gasteiger partial charge on any atom is 0.228 e. The third-order valence-corrected chi connectivity index (χ3v) is 4.81. The maximum absolute atomic E-state index is 12.9. The molecule has 0 spiro atoms. The van der Waals surface area contributed by atoms with Crippen LogP contribution < -0.4 is 5.32 Å². The predicted molar refractivity (Wildman–Crippen MR) is 82.0 cm³/mol. The van der Waals surface area contributed by atoms with Gasteiger partial charge in [0.25, 0.3) is 0 Å². The standard InChI is InChI=1S/C17H21FN2O2/c1-17(8-6-15(21)7-9-17)16(22)20-10-14(11-20)19-13-4-2-12(18)3-5-13/h2-5,14,19H,6-11H2,1H3. The lowest BCUT2D eigenvalue weighted by Gasteiger charge is -2.45. The van der Waals surface area contributed by atoms with E-state index in [1.54, 1.807) is 12.1 Å². The van der Waals surface area contributed by atoms with Crippen molar-refractivity contribution in [3.8, 4) is 0 Å². The molecular formula is C17H21FN2O2. The van der Waals surface area contributed by atoms with E-state index in [1.165, 1.54) is 12.1 Å². The number of likely N-dealkylation sites (tertiary alicyclic amines) is 1. The van der Waals surface area contributed by atoms with Crippen LogP contribution in [0.1, 0.15) is 32.6 Å². The number of carbonyl (C=O) groups is 2. The lowest BCUT2D eigenvalue weighted by atomic mass is 9.73. The first kappa shape index (κ1) is 15.0. The van der Waals surface area contributed by atoms with E-state index in [4.69, 9.17) is 0 Å². The average Bonchev–Trinajstić information content (AvgIpc) is 2.47. The molecule has 5 heteroatoms. The van der Waals surface area contributed by atoms with Gasteiger partial charge in [-0.3, -0.25) is 9.59 Å². The second-order valence-electron chi connectivity index (χ2n) is 6.66. The summed E-state index contributed by atoms with van der Waals surface area (Å²) in [4.78, 5) is 25.8. The molecule has 1 saturated carbocycles. The Morgan fingerprint density at radius 2 is 1.82 bits per heavy atom. The van der Waals surface area contributed by atoms with Crippen molar-refractivity contribution >= 4 is 17.4 Å². The fourth-order valence-electron chi connectivity index (χ4n) is 3.19. The van der Waals surface area contributed by atoms with Crippen molar-refractivity contribution in [3.05, 3.63) is 30.1 Å². The molecule has 0 atom stereocenters. The van der Waals surface area contributed by atoms with Crippen molar-refractivity contribution in [1.29, 1.82) is 0 Å². The van der Waals surface area contributed by atoms with Gasteiger partial charge in [-0.15, -0.1) is 0 Å². The lowest BCUT2D eigenvalue weighted by molar-refractivity contribution is -0.148. The number of Topliss-reactive ketones (excluding diaryl/α,β-unsaturated/α-hetero) is 1. The first-order valence-corrected chi connectivity index (χ1v) is 7.79. The van der Waals surface area contributed by atoms with Gasteiger partial charge < -0.3 is 10.2 Å². The van der Waals surface area contributed by atoms with E-state index < -0.39 is 0 Å². The van der Waals surface area contributed by atoms with Gasteiger partial charge in [-0.2, -0.15) is 0 Å². The van der Waals surface area contributed by atoms with E-state index in [1.807, 2.05) is 11.8 Å². The molecule has 0 aromatic heterocycles. The van der Waals surface area contributed by atoms with Gasteiger partial charge in [0, 0.05) is 37.0 Å². The van der Waals surface area contributed by atoms with Crippen LogP contribution in [0.25, 0.3) is 0 Å². The van der Waals surface area contributed by atoms with Crippen molar-refractivity contribution in [2.45, 2.75) is 38.6 Å². The minimum atomic E-state index is -0.380. The molecule has 22 heavy (non-hydrogen) atoms. The molecule has 1 aromatic carbocycles. The molecule has 2 fully saturated rings. The van der Waals surface area contributed by atoms with Crippen molar-refractivity contribution in [1.82, 2.24) is 4.90 Å². The average molecular weight is 304 g/mol. The highest BCUT2D eigenvalue weighted by Crippen LogP contribution is 2.37. The molecule has 0 unspecified atom stereocenters. The van der Waals surface area contributed by atoms with Crippen molar-refractivity contribution in [2.75, 3.05) is 18.4 Å². The molecule has 2 aliphatic rings. The molecule has 1 aromatic rings. The van der Waals surface area contributed by atoms with E-state index in [-0.39, 0.29) is 29.0 Å². The lowest BCUT2D eigenvalue weighted by Crippen LogP contribution is -2.60. The molecule has 1 aliphatic heterocycles. The first-order chi connectivity index (χ1) is 10.5. The molecule has 4 nitrogen and oxygen atoms in total. The summed E-state index contributed by atoms with van der Waals surface area (Å²) in [6, 6.07) is 6.46. The van der Waals surface area contributed by atoms with Gasteiger partial charge in [0.2, 0.25) is 5.91 Å². The summed E-state index contributed by atoms with van der Waals surface area (Å²) in [5, 5.41) is 3.30. The minimum Gasteiger partial charge on any atom is -0.379 e. The number of amides is 1. The molecule has 1 aliphatic carbocycles. The van der Waals surface area contributed by atoms with Crippen molar-refractivity contribution < 1.29 is 14.0 Å². The molecule has 1 heterocycles. The van der Waals surface area contributed by atoms with E-state index in [0.29, 0.717) is 38.8 Å². The zero-order chi connectivity index (χ0) is 15.7. The molecule has 1 N–H and O–H groups in total. The molecule has 0 radical (unpaired) electrons. The largest absolute Gasteiger partial charge is 0.379 e. The van der Waals surface area contributed by atoms with Gasteiger partial charge in [-0.1, -0.05) is 6.92 Å². The number of nitrogens with one attached hydrogen (secondary N) is 1. The highest BCUT2D eigenvalue weighted by Gasteiger charge is 2.43. The van der Waals surface area contributed by atoms with Crippen LogP contribution in [0.15, 0.2) is 24.3 Å². The summed E-state index contributed by atoms with van der Waals surface area (Å²) >= 11 is 0. The maximum atomic E-state index is 12.9. The number of hydrogen-bond donors (Lipinski definition) is 1. The van der Waals surface area contributed by atoms with Gasteiger partial charge in [-0.05, 0) is 37.1 Å². The quantitative estimate of drug-likeness (QED) is 0.934. The van der Waals surface area contributed by atoms with Gasteiger partial charge in [0.05, 0.1) is 6.04 Å². The smallest absolute Gasteiger partial charge is 0.228 e. The van der Waals surface area contributed by atoms with Crippen LogP contribution in [0, 0.1) is 11.2 Å². The Morgan fingerprint density at radius 1 is 1.23 bits per heavy atom. The van der Waals surface area contributed by atoms with Crippen LogP contribution in [0.2, 0.25) is 0 Å². The van der Waals surface area contributed by atoms with E-state index in [0.717, 1.165) is 5.69 Å². The zero-order valence-electron chi connectivity index (χ0n) is 12.8. The Labute approximate surface area is 129 Å². The summed E-state index contributed by atoms with van der Waals surface area (Å²) in [5.41, 5.74) is 0.488. The van der Waals surface area contributed by atoms with Gasteiger partial charge in [0.1, 0.15) is 11.6 Å². The molecule has 0 bridgehead atoms. The van der Waals surface area contributed by atoms with Gasteiger partial charge >= 0.3 is 0 Å². The monoisotopic (exact) mass is 304 g/mol. The van der Waals surface area contributed by atoms with Crippen LogP contribution >= 0.6 is 0 Å². The Hall–Kier alpha value is -1.91. The normalized spacial score (nSPS) is 21.4. The Balaban J connectivity index is 1.51. The number of anilines is 1. The molecule has 3 rings (SSSR count). The second kappa shape index (κ2) is 5.71. The predicted octanol–water partition coefficient (Wildman–Crippen LogP) is 2.60. The fourth-order valence-corrected chi connectivity index (χ4v) is 3.19. The SMILES string of the molecule is CC1(C(=O)N2CC(Nc3ccc(F)cc3)C2)CCC(=O)CC1. The van der Waals surface area contributed by atoms with Crippen LogP contribution in [0.4, 0.5) is 10.1 Å². The Kier molecular flexibility index (Phi) is 3.89. The van der Waals surface area contributed by atoms with E-state index in [2.05, 4.69) is 5.32 Å². The van der Waals surface area contributed by atoms with Crippen LogP contribution in [-0.4, -0.2) is 35.7 Å². The number of ketones is 1. The van der Waals surface area contributed by atoms with E-state index >= 15 is 0 Å². The number of benzene rings is 1. The van der Waals surface area contributed by atoms with Crippen LogP contribution in [0.3, 0.4) is 0 Å². The highest BCUT2D eigenvalue weighted by molar-refractivity contribution is 5.87. The minimum absolute atomic E-state index is 0.164. The molecule has 1 saturated heterocycles. The third-order valence-electron chi connectivity index (χ3n) is 4.81. The first-order valence-electron chi connectivity index (χ1n) is 7.79. The van der Waals surface area contributed by atoms with Gasteiger partial charge in [0.15, 0.2) is 0 Å². The number of halogens is 1. The second-order valence-corrected chi connectivity index (χ2v) is 6.66. The van der Waals surface area contributed by atoms with Crippen LogP contribution in [0.5, 0.6) is 0 Å². The van der Waals surface area contributed by atoms with Crippen molar-refractivity contribution in [3.63, 3.8) is 0 Å². The number of hydrogen-bond acceptors (Lipinski definition) is 3.